The molecule has 0 saturated heterocycles. The molecule has 3 aromatic heterocycles. The van der Waals surface area contributed by atoms with Gasteiger partial charge in [-0.05, 0) is 40.9 Å². The van der Waals surface area contributed by atoms with E-state index in [2.05, 4.69) is 25.9 Å². The number of aryl methyl sites for hydroxylation is 2. The SMILES string of the molecule is CCCCn1c(=O)[nH]c(=O)c2c1nc(COC(=O)c1ccc(Br)s1)n2CCC. The van der Waals surface area contributed by atoms with Gasteiger partial charge in [0.05, 0.1) is 3.79 Å². The minimum Gasteiger partial charge on any atom is -0.453 e. The van der Waals surface area contributed by atoms with Crippen LogP contribution in [0.2, 0.25) is 0 Å². The van der Waals surface area contributed by atoms with Crippen molar-refractivity contribution in [3.8, 4) is 0 Å². The molecule has 8 nitrogen and oxygen atoms in total. The fraction of sp³-hybridized carbons (Fsp3) is 0.444. The molecule has 0 amide bonds. The molecule has 0 fully saturated rings. The van der Waals surface area contributed by atoms with Crippen molar-refractivity contribution in [3.63, 3.8) is 0 Å². The van der Waals surface area contributed by atoms with Crippen molar-refractivity contribution in [3.05, 3.63) is 47.5 Å². The largest absolute Gasteiger partial charge is 0.453 e. The average molecular weight is 469 g/mol. The molecule has 0 spiro atoms. The lowest BCUT2D eigenvalue weighted by atomic mass is 10.3. The molecule has 0 aliphatic heterocycles. The Morgan fingerprint density at radius 2 is 2.00 bits per heavy atom. The van der Waals surface area contributed by atoms with Crippen LogP contribution in [0.3, 0.4) is 0 Å². The van der Waals surface area contributed by atoms with Gasteiger partial charge in [-0.1, -0.05) is 20.3 Å². The Morgan fingerprint density at radius 3 is 2.64 bits per heavy atom. The first-order valence-electron chi connectivity index (χ1n) is 9.10. The predicted molar refractivity (Wildman–Crippen MR) is 111 cm³/mol. The number of thiophene rings is 1. The van der Waals surface area contributed by atoms with Crippen LogP contribution in [-0.2, 0) is 24.4 Å². The Balaban J connectivity index is 2.00. The maximum Gasteiger partial charge on any atom is 0.348 e. The Labute approximate surface area is 173 Å². The van der Waals surface area contributed by atoms with Crippen molar-refractivity contribution in [2.24, 2.45) is 0 Å². The van der Waals surface area contributed by atoms with E-state index in [1.54, 1.807) is 16.7 Å². The van der Waals surface area contributed by atoms with E-state index in [0.717, 1.165) is 23.0 Å². The Bertz CT molecular complexity index is 1110. The molecule has 1 N–H and O–H groups in total. The normalized spacial score (nSPS) is 11.2. The zero-order chi connectivity index (χ0) is 20.3. The summed E-state index contributed by atoms with van der Waals surface area (Å²) in [5.41, 5.74) is -0.282. The van der Waals surface area contributed by atoms with Crippen molar-refractivity contribution >= 4 is 44.4 Å². The van der Waals surface area contributed by atoms with Gasteiger partial charge in [0.1, 0.15) is 17.3 Å². The number of halogens is 1. The van der Waals surface area contributed by atoms with Crippen LogP contribution < -0.4 is 11.2 Å². The third-order valence-corrected chi connectivity index (χ3v) is 5.86. The molecule has 3 aromatic rings. The molecule has 10 heteroatoms. The maximum absolute atomic E-state index is 12.5. The number of imidazole rings is 1. The molecule has 28 heavy (non-hydrogen) atoms. The molecule has 0 aliphatic carbocycles. The van der Waals surface area contributed by atoms with Crippen LogP contribution >= 0.6 is 27.3 Å². The fourth-order valence-corrected chi connectivity index (χ4v) is 4.22. The monoisotopic (exact) mass is 468 g/mol. The number of aromatic amines is 1. The van der Waals surface area contributed by atoms with Gasteiger partial charge in [-0.25, -0.2) is 14.6 Å². The van der Waals surface area contributed by atoms with Gasteiger partial charge in [0.25, 0.3) is 5.56 Å². The molecule has 3 rings (SSSR count). The quantitative estimate of drug-likeness (QED) is 0.511. The zero-order valence-corrected chi connectivity index (χ0v) is 18.1. The number of hydrogen-bond donors (Lipinski definition) is 1. The number of fused-ring (bicyclic) bond motifs is 1. The number of aromatic nitrogens is 4. The van der Waals surface area contributed by atoms with Crippen LogP contribution in [-0.4, -0.2) is 25.1 Å². The number of ether oxygens (including phenoxy) is 1. The van der Waals surface area contributed by atoms with Crippen molar-refractivity contribution in [1.29, 1.82) is 0 Å². The van der Waals surface area contributed by atoms with E-state index in [0.29, 0.717) is 35.0 Å². The number of carbonyl (C=O) groups excluding carboxylic acids is 1. The molecular formula is C18H21BrN4O4S. The van der Waals surface area contributed by atoms with Crippen LogP contribution in [0.4, 0.5) is 0 Å². The van der Waals surface area contributed by atoms with Crippen molar-refractivity contribution in [1.82, 2.24) is 19.1 Å². The second-order valence-corrected chi connectivity index (χ2v) is 8.76. The Kier molecular flexibility index (Phi) is 6.50. The van der Waals surface area contributed by atoms with E-state index in [4.69, 9.17) is 4.74 Å². The topological polar surface area (TPSA) is 99.0 Å². The highest BCUT2D eigenvalue weighted by Gasteiger charge is 2.19. The van der Waals surface area contributed by atoms with Gasteiger partial charge >= 0.3 is 11.7 Å². The van der Waals surface area contributed by atoms with Gasteiger partial charge in [-0.15, -0.1) is 11.3 Å². The van der Waals surface area contributed by atoms with Crippen LogP contribution in [0.5, 0.6) is 0 Å². The molecule has 0 unspecified atom stereocenters. The average Bonchev–Trinajstić information content (AvgIpc) is 3.24. The number of nitrogens with zero attached hydrogens (tertiary/aromatic N) is 3. The molecule has 3 heterocycles. The maximum atomic E-state index is 12.5. The van der Waals surface area contributed by atoms with E-state index in [1.807, 2.05) is 13.8 Å². The number of nitrogens with one attached hydrogen (secondary N) is 1. The summed E-state index contributed by atoms with van der Waals surface area (Å²) in [6.07, 6.45) is 2.46. The van der Waals surface area contributed by atoms with E-state index < -0.39 is 17.2 Å². The first kappa shape index (κ1) is 20.5. The van der Waals surface area contributed by atoms with Gasteiger partial charge in [0, 0.05) is 13.1 Å². The standard InChI is InChI=1S/C18H21BrN4O4S/c1-3-5-9-23-15-14(16(24)21-18(23)26)22(8-4-2)13(20-15)10-27-17(25)11-6-7-12(19)28-11/h6-7H,3-5,8-10H2,1-2H3,(H,21,24,26). The highest BCUT2D eigenvalue weighted by atomic mass is 79.9. The van der Waals surface area contributed by atoms with Crippen LogP contribution in [0.15, 0.2) is 25.5 Å². The third-order valence-electron chi connectivity index (χ3n) is 4.25. The summed E-state index contributed by atoms with van der Waals surface area (Å²) in [5, 5.41) is 0. The van der Waals surface area contributed by atoms with E-state index in [-0.39, 0.29) is 6.61 Å². The van der Waals surface area contributed by atoms with Gasteiger partial charge in [0.2, 0.25) is 0 Å². The van der Waals surface area contributed by atoms with Crippen molar-refractivity contribution in [2.45, 2.75) is 52.8 Å². The highest BCUT2D eigenvalue weighted by molar-refractivity contribution is 9.11. The molecule has 0 bridgehead atoms. The number of H-pyrrole nitrogens is 1. The van der Waals surface area contributed by atoms with Crippen LogP contribution in [0, 0.1) is 0 Å². The van der Waals surface area contributed by atoms with Gasteiger partial charge in [-0.3, -0.25) is 14.3 Å². The molecule has 0 radical (unpaired) electrons. The number of esters is 1. The lowest BCUT2D eigenvalue weighted by Gasteiger charge is -2.08. The zero-order valence-electron chi connectivity index (χ0n) is 15.7. The summed E-state index contributed by atoms with van der Waals surface area (Å²) in [5.74, 6) is -0.00902. The summed E-state index contributed by atoms with van der Waals surface area (Å²) in [6.45, 7) is 4.92. The van der Waals surface area contributed by atoms with Crippen molar-refractivity contribution < 1.29 is 9.53 Å². The fourth-order valence-electron chi connectivity index (χ4n) is 2.94. The van der Waals surface area contributed by atoms with E-state index in [1.165, 1.54) is 15.9 Å². The summed E-state index contributed by atoms with van der Waals surface area (Å²) < 4.78 is 9.45. The summed E-state index contributed by atoms with van der Waals surface area (Å²) in [6, 6.07) is 3.46. The van der Waals surface area contributed by atoms with Crippen molar-refractivity contribution in [2.75, 3.05) is 0 Å². The predicted octanol–water partition coefficient (Wildman–Crippen LogP) is 3.28. The highest BCUT2D eigenvalue weighted by Crippen LogP contribution is 2.23. The number of carbonyl (C=O) groups is 1. The van der Waals surface area contributed by atoms with Crippen LogP contribution in [0.1, 0.15) is 48.6 Å². The molecular weight excluding hydrogens is 448 g/mol. The molecule has 0 saturated carbocycles. The lowest BCUT2D eigenvalue weighted by Crippen LogP contribution is -2.31. The smallest absolute Gasteiger partial charge is 0.348 e. The first-order chi connectivity index (χ1) is 13.5. The van der Waals surface area contributed by atoms with Gasteiger partial charge in [-0.2, -0.15) is 0 Å². The third kappa shape index (κ3) is 4.12. The number of unbranched alkanes of at least 4 members (excludes halogenated alkanes) is 1. The van der Waals surface area contributed by atoms with Gasteiger partial charge in [0.15, 0.2) is 11.2 Å². The second-order valence-electron chi connectivity index (χ2n) is 6.30. The number of hydrogen-bond acceptors (Lipinski definition) is 6. The summed E-state index contributed by atoms with van der Waals surface area (Å²) >= 11 is 4.60. The minimum atomic E-state index is -0.478. The minimum absolute atomic E-state index is 0.0789. The molecule has 0 aliphatic rings. The molecule has 0 aromatic carbocycles. The van der Waals surface area contributed by atoms with E-state index in [9.17, 15) is 14.4 Å². The lowest BCUT2D eigenvalue weighted by molar-refractivity contribution is 0.0464. The van der Waals surface area contributed by atoms with Crippen LogP contribution in [0.25, 0.3) is 11.2 Å². The summed E-state index contributed by atoms with van der Waals surface area (Å²) in [7, 11) is 0. The Morgan fingerprint density at radius 1 is 1.21 bits per heavy atom. The summed E-state index contributed by atoms with van der Waals surface area (Å²) in [4.78, 5) is 44.3. The molecule has 150 valence electrons. The Hall–Kier alpha value is -2.20. The number of rotatable bonds is 8. The van der Waals surface area contributed by atoms with Gasteiger partial charge < -0.3 is 9.30 Å². The molecule has 0 atom stereocenters. The second kappa shape index (κ2) is 8.87. The van der Waals surface area contributed by atoms with E-state index >= 15 is 0 Å². The first-order valence-corrected chi connectivity index (χ1v) is 10.7.